The summed E-state index contributed by atoms with van der Waals surface area (Å²) in [6.07, 6.45) is 0.780. The smallest absolute Gasteiger partial charge is 0.0995 e. The lowest BCUT2D eigenvalue weighted by molar-refractivity contribution is 0.134. The van der Waals surface area contributed by atoms with Crippen LogP contribution in [0.15, 0.2) is 0 Å². The van der Waals surface area contributed by atoms with E-state index in [2.05, 4.69) is 10.3 Å². The van der Waals surface area contributed by atoms with Crippen LogP contribution >= 0.6 is 0 Å². The zero-order chi connectivity index (χ0) is 11.8. The van der Waals surface area contributed by atoms with Crippen LogP contribution in [0.25, 0.3) is 0 Å². The molecule has 0 aromatic carbocycles. The lowest BCUT2D eigenvalue weighted by Gasteiger charge is -2.07. The molecule has 0 bridgehead atoms. The number of hydrogen-bond acceptors (Lipinski definition) is 5. The number of aromatic nitrogens is 3. The van der Waals surface area contributed by atoms with Crippen molar-refractivity contribution in [2.45, 2.75) is 26.4 Å². The van der Waals surface area contributed by atoms with Gasteiger partial charge in [0, 0.05) is 26.7 Å². The summed E-state index contributed by atoms with van der Waals surface area (Å²) in [6, 6.07) is 0. The monoisotopic (exact) mass is 228 g/mol. The average molecular weight is 228 g/mol. The minimum atomic E-state index is 0.410. The Hall–Kier alpha value is -0.980. The molecule has 16 heavy (non-hydrogen) atoms. The Labute approximate surface area is 95.7 Å². The van der Waals surface area contributed by atoms with Gasteiger partial charge < -0.3 is 15.2 Å². The number of nitrogens with zero attached hydrogens (tertiary/aromatic N) is 3. The molecule has 0 aliphatic rings. The van der Waals surface area contributed by atoms with Crippen molar-refractivity contribution < 1.29 is 9.47 Å². The van der Waals surface area contributed by atoms with E-state index in [1.54, 1.807) is 7.11 Å². The van der Waals surface area contributed by atoms with Crippen LogP contribution in [0.4, 0.5) is 0 Å². The zero-order valence-electron chi connectivity index (χ0n) is 9.98. The van der Waals surface area contributed by atoms with Gasteiger partial charge in [0.25, 0.3) is 0 Å². The van der Waals surface area contributed by atoms with Gasteiger partial charge in [-0.15, -0.1) is 5.10 Å². The predicted molar refractivity (Wildman–Crippen MR) is 60.0 cm³/mol. The quantitative estimate of drug-likeness (QED) is 0.632. The first kappa shape index (κ1) is 13.1. The van der Waals surface area contributed by atoms with Crippen LogP contribution < -0.4 is 5.73 Å². The fourth-order valence-electron chi connectivity index (χ4n) is 1.47. The second kappa shape index (κ2) is 7.32. The van der Waals surface area contributed by atoms with Crippen molar-refractivity contribution in [2.24, 2.45) is 5.73 Å². The number of hydrogen-bond donors (Lipinski definition) is 1. The molecule has 0 radical (unpaired) electrons. The molecule has 6 heteroatoms. The van der Waals surface area contributed by atoms with E-state index >= 15 is 0 Å². The normalized spacial score (nSPS) is 10.9. The highest BCUT2D eigenvalue weighted by molar-refractivity contribution is 5.10. The summed E-state index contributed by atoms with van der Waals surface area (Å²) in [5, 5.41) is 8.11. The SMILES string of the molecule is CCOCCn1nnc(CN)c1CCOC. The molecule has 0 atom stereocenters. The van der Waals surface area contributed by atoms with Crippen LogP contribution in [-0.2, 0) is 29.0 Å². The largest absolute Gasteiger partial charge is 0.384 e. The topological polar surface area (TPSA) is 75.2 Å². The molecular weight excluding hydrogens is 208 g/mol. The van der Waals surface area contributed by atoms with Gasteiger partial charge in [0.1, 0.15) is 0 Å². The summed E-state index contributed by atoms with van der Waals surface area (Å²) in [5.74, 6) is 0. The van der Waals surface area contributed by atoms with Gasteiger partial charge in [-0.05, 0) is 6.92 Å². The van der Waals surface area contributed by atoms with Crippen molar-refractivity contribution in [2.75, 3.05) is 26.9 Å². The molecule has 1 rings (SSSR count). The molecule has 1 heterocycles. The van der Waals surface area contributed by atoms with Crippen molar-refractivity contribution in [1.82, 2.24) is 15.0 Å². The van der Waals surface area contributed by atoms with Gasteiger partial charge in [0.05, 0.1) is 31.1 Å². The van der Waals surface area contributed by atoms with Crippen molar-refractivity contribution in [3.8, 4) is 0 Å². The van der Waals surface area contributed by atoms with Gasteiger partial charge >= 0.3 is 0 Å². The Bertz CT molecular complexity index is 301. The third-order valence-electron chi connectivity index (χ3n) is 2.31. The van der Waals surface area contributed by atoms with E-state index in [4.69, 9.17) is 15.2 Å². The Morgan fingerprint density at radius 3 is 2.81 bits per heavy atom. The molecule has 2 N–H and O–H groups in total. The number of rotatable bonds is 8. The number of nitrogens with two attached hydrogens (primary N) is 1. The van der Waals surface area contributed by atoms with E-state index in [1.165, 1.54) is 0 Å². The second-order valence-electron chi connectivity index (χ2n) is 3.35. The highest BCUT2D eigenvalue weighted by Crippen LogP contribution is 2.06. The number of ether oxygens (including phenoxy) is 2. The van der Waals surface area contributed by atoms with Crippen molar-refractivity contribution in [3.63, 3.8) is 0 Å². The molecule has 0 saturated carbocycles. The van der Waals surface area contributed by atoms with E-state index in [-0.39, 0.29) is 0 Å². The Morgan fingerprint density at radius 2 is 2.19 bits per heavy atom. The number of methoxy groups -OCH3 is 1. The van der Waals surface area contributed by atoms with Gasteiger partial charge in [0.15, 0.2) is 0 Å². The molecule has 0 aliphatic heterocycles. The zero-order valence-corrected chi connectivity index (χ0v) is 9.98. The highest BCUT2D eigenvalue weighted by atomic mass is 16.5. The van der Waals surface area contributed by atoms with Gasteiger partial charge in [-0.1, -0.05) is 5.21 Å². The summed E-state index contributed by atoms with van der Waals surface area (Å²) in [7, 11) is 1.68. The predicted octanol–water partition coefficient (Wildman–Crippen LogP) is -0.0378. The summed E-state index contributed by atoms with van der Waals surface area (Å²) in [4.78, 5) is 0. The first-order valence-electron chi connectivity index (χ1n) is 5.51. The third kappa shape index (κ3) is 3.55. The molecule has 6 nitrogen and oxygen atoms in total. The first-order valence-corrected chi connectivity index (χ1v) is 5.51. The van der Waals surface area contributed by atoms with E-state index in [0.29, 0.717) is 32.9 Å². The highest BCUT2D eigenvalue weighted by Gasteiger charge is 2.10. The third-order valence-corrected chi connectivity index (χ3v) is 2.31. The van der Waals surface area contributed by atoms with Gasteiger partial charge in [-0.2, -0.15) is 0 Å². The van der Waals surface area contributed by atoms with Crippen LogP contribution in [0.3, 0.4) is 0 Å². The average Bonchev–Trinajstić information content (AvgIpc) is 2.69. The second-order valence-corrected chi connectivity index (χ2v) is 3.35. The maximum atomic E-state index is 5.60. The van der Waals surface area contributed by atoms with E-state index in [0.717, 1.165) is 17.8 Å². The standard InChI is InChI=1S/C10H20N4O2/c1-3-16-7-5-14-10(4-6-15-2)9(8-11)12-13-14/h3-8,11H2,1-2H3. The molecule has 92 valence electrons. The molecule has 0 spiro atoms. The summed E-state index contributed by atoms with van der Waals surface area (Å²) < 4.78 is 12.2. The van der Waals surface area contributed by atoms with E-state index in [9.17, 15) is 0 Å². The van der Waals surface area contributed by atoms with Crippen LogP contribution in [0.5, 0.6) is 0 Å². The first-order chi connectivity index (χ1) is 7.83. The molecule has 0 amide bonds. The maximum Gasteiger partial charge on any atom is 0.0995 e. The lowest BCUT2D eigenvalue weighted by Crippen LogP contribution is -2.13. The van der Waals surface area contributed by atoms with Gasteiger partial charge in [-0.3, -0.25) is 0 Å². The van der Waals surface area contributed by atoms with Crippen LogP contribution in [-0.4, -0.2) is 41.9 Å². The molecule has 0 fully saturated rings. The fourth-order valence-corrected chi connectivity index (χ4v) is 1.47. The summed E-state index contributed by atoms with van der Waals surface area (Å²) in [5.41, 5.74) is 7.49. The van der Waals surface area contributed by atoms with Crippen LogP contribution in [0.2, 0.25) is 0 Å². The molecule has 0 unspecified atom stereocenters. The summed E-state index contributed by atoms with van der Waals surface area (Å²) >= 11 is 0. The molecule has 0 saturated heterocycles. The van der Waals surface area contributed by atoms with E-state index in [1.807, 2.05) is 11.6 Å². The molecule has 1 aromatic rings. The molecular formula is C10H20N4O2. The van der Waals surface area contributed by atoms with Crippen molar-refractivity contribution in [1.29, 1.82) is 0 Å². The fraction of sp³-hybridized carbons (Fsp3) is 0.800. The van der Waals surface area contributed by atoms with Gasteiger partial charge in [0.2, 0.25) is 0 Å². The lowest BCUT2D eigenvalue weighted by atomic mass is 10.2. The van der Waals surface area contributed by atoms with Crippen molar-refractivity contribution >= 4 is 0 Å². The summed E-state index contributed by atoms with van der Waals surface area (Å²) in [6.45, 7) is 5.09. The Balaban J connectivity index is 2.62. The molecule has 0 aliphatic carbocycles. The minimum absolute atomic E-state index is 0.410. The van der Waals surface area contributed by atoms with Crippen LogP contribution in [0.1, 0.15) is 18.3 Å². The minimum Gasteiger partial charge on any atom is -0.384 e. The Kier molecular flexibility index (Phi) is 5.99. The van der Waals surface area contributed by atoms with Crippen LogP contribution in [0, 0.1) is 0 Å². The molecule has 1 aromatic heterocycles. The maximum absolute atomic E-state index is 5.60. The van der Waals surface area contributed by atoms with E-state index < -0.39 is 0 Å². The Morgan fingerprint density at radius 1 is 1.38 bits per heavy atom. The van der Waals surface area contributed by atoms with Gasteiger partial charge in [-0.25, -0.2) is 4.68 Å². The van der Waals surface area contributed by atoms with Crippen molar-refractivity contribution in [3.05, 3.63) is 11.4 Å².